The van der Waals surface area contributed by atoms with Gasteiger partial charge in [-0.25, -0.2) is 0 Å². The lowest BCUT2D eigenvalue weighted by Gasteiger charge is -2.09. The van der Waals surface area contributed by atoms with E-state index in [2.05, 4.69) is 52.5 Å². The fourth-order valence-electron chi connectivity index (χ4n) is 1.51. The Balaban J connectivity index is 2.37. The van der Waals surface area contributed by atoms with Crippen LogP contribution in [-0.4, -0.2) is 0 Å². The minimum atomic E-state index is -0.0406. The number of thiophene rings is 1. The molecule has 0 bridgehead atoms. The number of benzene rings is 1. The van der Waals surface area contributed by atoms with Crippen molar-refractivity contribution in [1.82, 2.24) is 0 Å². The molecule has 0 nitrogen and oxygen atoms in total. The first-order valence-electron chi connectivity index (χ1n) is 4.61. The molecule has 0 aliphatic rings. The Morgan fingerprint density at radius 3 is 2.73 bits per heavy atom. The molecule has 0 aliphatic carbocycles. The quantitative estimate of drug-likeness (QED) is 0.673. The van der Waals surface area contributed by atoms with Gasteiger partial charge in [0.05, 0.1) is 5.38 Å². The molecule has 1 heterocycles. The van der Waals surface area contributed by atoms with Gasteiger partial charge in [-0.05, 0) is 41.6 Å². The smallest absolute Gasteiger partial charge is 0.0928 e. The van der Waals surface area contributed by atoms with E-state index in [0.29, 0.717) is 0 Å². The van der Waals surface area contributed by atoms with Gasteiger partial charge in [0, 0.05) is 9.35 Å². The molecule has 1 unspecified atom stereocenters. The largest absolute Gasteiger partial charge is 0.147 e. The first-order valence-corrected chi connectivity index (χ1v) is 6.72. The van der Waals surface area contributed by atoms with Crippen molar-refractivity contribution in [1.29, 1.82) is 0 Å². The van der Waals surface area contributed by atoms with Crippen molar-refractivity contribution >= 4 is 38.9 Å². The van der Waals surface area contributed by atoms with E-state index in [9.17, 15) is 0 Å². The van der Waals surface area contributed by atoms with E-state index in [1.807, 2.05) is 6.07 Å². The van der Waals surface area contributed by atoms with Crippen LogP contribution >= 0.6 is 38.9 Å². The zero-order valence-corrected chi connectivity index (χ0v) is 11.4. The molecule has 3 heteroatoms. The Morgan fingerprint density at radius 1 is 1.33 bits per heavy atom. The molecule has 0 aliphatic heterocycles. The fraction of sp³-hybridized carbons (Fsp3) is 0.167. The lowest BCUT2D eigenvalue weighted by Crippen LogP contribution is -1.91. The van der Waals surface area contributed by atoms with Gasteiger partial charge in [-0.3, -0.25) is 0 Å². The SMILES string of the molecule is Cc1cc(Br)cc(C(Cl)c2cccs2)c1. The monoisotopic (exact) mass is 300 g/mol. The summed E-state index contributed by atoms with van der Waals surface area (Å²) in [5.41, 5.74) is 2.37. The van der Waals surface area contributed by atoms with Gasteiger partial charge >= 0.3 is 0 Å². The van der Waals surface area contributed by atoms with Crippen LogP contribution in [0, 0.1) is 6.92 Å². The molecular weight excluding hydrogens is 292 g/mol. The predicted octanol–water partition coefficient (Wildman–Crippen LogP) is 5.15. The van der Waals surface area contributed by atoms with E-state index in [1.54, 1.807) is 11.3 Å². The highest BCUT2D eigenvalue weighted by Gasteiger charge is 2.12. The summed E-state index contributed by atoms with van der Waals surface area (Å²) in [5.74, 6) is 0. The van der Waals surface area contributed by atoms with Crippen LogP contribution in [0.4, 0.5) is 0 Å². The van der Waals surface area contributed by atoms with E-state index in [4.69, 9.17) is 11.6 Å². The second kappa shape index (κ2) is 4.69. The number of halogens is 2. The van der Waals surface area contributed by atoms with Crippen LogP contribution in [-0.2, 0) is 0 Å². The summed E-state index contributed by atoms with van der Waals surface area (Å²) in [4.78, 5) is 1.19. The first-order chi connectivity index (χ1) is 7.16. The third-order valence-electron chi connectivity index (χ3n) is 2.15. The lowest BCUT2D eigenvalue weighted by atomic mass is 10.1. The molecule has 0 fully saturated rings. The fourth-order valence-corrected chi connectivity index (χ4v) is 3.22. The minimum absolute atomic E-state index is 0.0406. The van der Waals surface area contributed by atoms with Crippen LogP contribution in [0.25, 0.3) is 0 Å². The molecule has 2 rings (SSSR count). The summed E-state index contributed by atoms with van der Waals surface area (Å²) in [6.07, 6.45) is 0. The maximum absolute atomic E-state index is 6.41. The van der Waals surface area contributed by atoms with Crippen LogP contribution in [0.2, 0.25) is 0 Å². The zero-order chi connectivity index (χ0) is 10.8. The highest BCUT2D eigenvalue weighted by atomic mass is 79.9. The van der Waals surface area contributed by atoms with E-state index < -0.39 is 0 Å². The van der Waals surface area contributed by atoms with Crippen molar-refractivity contribution in [2.75, 3.05) is 0 Å². The molecule has 2 aromatic rings. The Bertz CT molecular complexity index is 430. The normalized spacial score (nSPS) is 12.7. The van der Waals surface area contributed by atoms with Crippen LogP contribution in [0.15, 0.2) is 40.2 Å². The third-order valence-corrected chi connectivity index (χ3v) is 4.16. The summed E-state index contributed by atoms with van der Waals surface area (Å²) >= 11 is 11.6. The van der Waals surface area contributed by atoms with Gasteiger partial charge < -0.3 is 0 Å². The number of alkyl halides is 1. The highest BCUT2D eigenvalue weighted by molar-refractivity contribution is 9.10. The number of aryl methyl sites for hydroxylation is 1. The molecule has 0 N–H and O–H groups in total. The van der Waals surface area contributed by atoms with Crippen molar-refractivity contribution in [3.8, 4) is 0 Å². The van der Waals surface area contributed by atoms with E-state index >= 15 is 0 Å². The van der Waals surface area contributed by atoms with Gasteiger partial charge in [0.15, 0.2) is 0 Å². The third kappa shape index (κ3) is 2.63. The number of hydrogen-bond donors (Lipinski definition) is 0. The second-order valence-electron chi connectivity index (χ2n) is 3.44. The molecule has 0 saturated carbocycles. The molecule has 1 aromatic heterocycles. The van der Waals surface area contributed by atoms with E-state index in [1.165, 1.54) is 10.4 Å². The van der Waals surface area contributed by atoms with Crippen molar-refractivity contribution in [2.24, 2.45) is 0 Å². The summed E-state index contributed by atoms with van der Waals surface area (Å²) < 4.78 is 1.08. The van der Waals surface area contributed by atoms with Crippen molar-refractivity contribution < 1.29 is 0 Å². The summed E-state index contributed by atoms with van der Waals surface area (Å²) in [6, 6.07) is 10.4. The second-order valence-corrected chi connectivity index (χ2v) is 5.77. The summed E-state index contributed by atoms with van der Waals surface area (Å²) in [5, 5.41) is 2.01. The molecule has 78 valence electrons. The zero-order valence-electron chi connectivity index (χ0n) is 8.21. The van der Waals surface area contributed by atoms with Gasteiger partial charge in [-0.2, -0.15) is 0 Å². The van der Waals surface area contributed by atoms with Crippen LogP contribution in [0.5, 0.6) is 0 Å². The van der Waals surface area contributed by atoms with Crippen molar-refractivity contribution in [2.45, 2.75) is 12.3 Å². The summed E-state index contributed by atoms with van der Waals surface area (Å²) in [7, 11) is 0. The van der Waals surface area contributed by atoms with Gasteiger partial charge in [0.25, 0.3) is 0 Å². The van der Waals surface area contributed by atoms with Crippen LogP contribution in [0.3, 0.4) is 0 Å². The average Bonchev–Trinajstić information content (AvgIpc) is 2.67. The Morgan fingerprint density at radius 2 is 2.13 bits per heavy atom. The van der Waals surface area contributed by atoms with Crippen LogP contribution < -0.4 is 0 Å². The highest BCUT2D eigenvalue weighted by Crippen LogP contribution is 2.33. The van der Waals surface area contributed by atoms with Gasteiger partial charge in [-0.1, -0.05) is 28.1 Å². The van der Waals surface area contributed by atoms with E-state index in [-0.39, 0.29) is 5.38 Å². The molecular formula is C12H10BrClS. The maximum atomic E-state index is 6.41. The van der Waals surface area contributed by atoms with Gasteiger partial charge in [-0.15, -0.1) is 22.9 Å². The average molecular weight is 302 g/mol. The lowest BCUT2D eigenvalue weighted by molar-refractivity contribution is 1.17. The van der Waals surface area contributed by atoms with Crippen molar-refractivity contribution in [3.05, 3.63) is 56.2 Å². The molecule has 0 radical (unpaired) electrons. The standard InChI is InChI=1S/C12H10BrClS/c1-8-5-9(7-10(13)6-8)12(14)11-3-2-4-15-11/h2-7,12H,1H3. The van der Waals surface area contributed by atoms with Crippen molar-refractivity contribution in [3.63, 3.8) is 0 Å². The van der Waals surface area contributed by atoms with Gasteiger partial charge in [0.1, 0.15) is 0 Å². The van der Waals surface area contributed by atoms with E-state index in [0.717, 1.165) is 10.0 Å². The molecule has 1 aromatic carbocycles. The Labute approximate surface area is 107 Å². The molecule has 0 saturated heterocycles. The first kappa shape index (κ1) is 11.2. The Kier molecular flexibility index (Phi) is 3.49. The predicted molar refractivity (Wildman–Crippen MR) is 70.9 cm³/mol. The maximum Gasteiger partial charge on any atom is 0.0928 e. The molecule has 0 spiro atoms. The molecule has 1 atom stereocenters. The minimum Gasteiger partial charge on any atom is -0.147 e. The molecule has 15 heavy (non-hydrogen) atoms. The Hall–Kier alpha value is -0.310. The molecule has 0 amide bonds. The number of rotatable bonds is 2. The topological polar surface area (TPSA) is 0 Å². The number of hydrogen-bond acceptors (Lipinski definition) is 1. The van der Waals surface area contributed by atoms with Gasteiger partial charge in [0.2, 0.25) is 0 Å². The van der Waals surface area contributed by atoms with Crippen LogP contribution in [0.1, 0.15) is 21.4 Å². The summed E-state index contributed by atoms with van der Waals surface area (Å²) in [6.45, 7) is 2.08.